The first-order valence-electron chi connectivity index (χ1n) is 6.02. The fourth-order valence-electron chi connectivity index (χ4n) is 1.61. The molecule has 0 bridgehead atoms. The number of nitrogens with zero attached hydrogens (tertiary/aromatic N) is 2. The van der Waals surface area contributed by atoms with Gasteiger partial charge in [-0.2, -0.15) is 0 Å². The van der Waals surface area contributed by atoms with Crippen LogP contribution in [0.2, 0.25) is 10.0 Å². The second kappa shape index (κ2) is 7.16. The predicted octanol–water partition coefficient (Wildman–Crippen LogP) is 3.53. The van der Waals surface area contributed by atoms with E-state index in [9.17, 15) is 20.2 Å². The average molecular weight is 357 g/mol. The molecule has 0 radical (unpaired) electrons. The van der Waals surface area contributed by atoms with Crippen LogP contribution in [0.5, 0.6) is 11.5 Å². The van der Waals surface area contributed by atoms with Gasteiger partial charge in [0.25, 0.3) is 11.4 Å². The van der Waals surface area contributed by atoms with Crippen LogP contribution in [0.1, 0.15) is 0 Å². The lowest BCUT2D eigenvalue weighted by molar-refractivity contribution is -0.384. The molecule has 0 N–H and O–H groups in total. The van der Waals surface area contributed by atoms with Gasteiger partial charge in [0.1, 0.15) is 21.5 Å². The zero-order chi connectivity index (χ0) is 17.0. The van der Waals surface area contributed by atoms with E-state index in [0.717, 1.165) is 12.1 Å². The maximum Gasteiger partial charge on any atom is 0.576 e. The molecule has 2 rings (SSSR count). The van der Waals surface area contributed by atoms with Gasteiger partial charge in [0.2, 0.25) is 0 Å². The van der Waals surface area contributed by atoms with E-state index in [1.807, 2.05) is 0 Å². The van der Waals surface area contributed by atoms with E-state index in [0.29, 0.717) is 0 Å². The molecular formula is C12H7BCl2N2O6. The van der Waals surface area contributed by atoms with E-state index in [4.69, 9.17) is 32.5 Å². The summed E-state index contributed by atoms with van der Waals surface area (Å²) < 4.78 is 10.4. The third kappa shape index (κ3) is 4.24. The molecule has 2 aromatic rings. The molecule has 0 aliphatic carbocycles. The van der Waals surface area contributed by atoms with Crippen molar-refractivity contribution in [3.8, 4) is 11.5 Å². The highest BCUT2D eigenvalue weighted by molar-refractivity contribution is 6.33. The zero-order valence-electron chi connectivity index (χ0n) is 11.3. The first kappa shape index (κ1) is 16.8. The Morgan fingerprint density at radius 2 is 1.22 bits per heavy atom. The van der Waals surface area contributed by atoms with Gasteiger partial charge in [0.15, 0.2) is 0 Å². The third-order valence-corrected chi connectivity index (χ3v) is 3.32. The van der Waals surface area contributed by atoms with E-state index >= 15 is 0 Å². The van der Waals surface area contributed by atoms with Crippen molar-refractivity contribution >= 4 is 42.3 Å². The number of nitro benzene ring substituents is 2. The Morgan fingerprint density at radius 3 is 1.57 bits per heavy atom. The van der Waals surface area contributed by atoms with Crippen molar-refractivity contribution in [3.63, 3.8) is 0 Å². The van der Waals surface area contributed by atoms with Crippen LogP contribution in [0.15, 0.2) is 36.4 Å². The molecule has 23 heavy (non-hydrogen) atoms. The Labute approximate surface area is 140 Å². The molecule has 2 aromatic carbocycles. The Balaban J connectivity index is 2.03. The van der Waals surface area contributed by atoms with E-state index in [-0.39, 0.29) is 40.6 Å². The monoisotopic (exact) mass is 356 g/mol. The Bertz CT molecular complexity index is 710. The number of hydrogen-bond acceptors (Lipinski definition) is 6. The molecule has 118 valence electrons. The summed E-state index contributed by atoms with van der Waals surface area (Å²) in [5, 5.41) is 21.5. The third-order valence-electron chi connectivity index (χ3n) is 2.68. The van der Waals surface area contributed by atoms with Crippen molar-refractivity contribution in [2.45, 2.75) is 0 Å². The van der Waals surface area contributed by atoms with E-state index in [1.54, 1.807) is 0 Å². The van der Waals surface area contributed by atoms with E-state index in [1.165, 1.54) is 24.3 Å². The Hall–Kier alpha value is -2.52. The van der Waals surface area contributed by atoms with Crippen molar-refractivity contribution in [2.75, 3.05) is 0 Å². The fraction of sp³-hybridized carbons (Fsp3) is 0. The second-order valence-corrected chi connectivity index (χ2v) is 4.96. The molecule has 0 heterocycles. The number of nitro groups is 2. The number of benzene rings is 2. The normalized spacial score (nSPS) is 10.0. The fourth-order valence-corrected chi connectivity index (χ4v) is 1.98. The first-order chi connectivity index (χ1) is 10.9. The molecule has 0 amide bonds. The van der Waals surface area contributed by atoms with Crippen LogP contribution < -0.4 is 9.31 Å². The van der Waals surface area contributed by atoms with Crippen LogP contribution >= 0.6 is 23.2 Å². The maximum absolute atomic E-state index is 10.8. The largest absolute Gasteiger partial charge is 0.576 e. The predicted molar refractivity (Wildman–Crippen MR) is 84.6 cm³/mol. The highest BCUT2D eigenvalue weighted by atomic mass is 35.5. The van der Waals surface area contributed by atoms with Gasteiger partial charge in [-0.15, -0.1) is 0 Å². The SMILES string of the molecule is O=[N+]([O-])c1cc(OBOc2ccc(Cl)c([N+](=O)[O-])c2)ccc1Cl. The summed E-state index contributed by atoms with van der Waals surface area (Å²) in [7, 11) is -0.308. The summed E-state index contributed by atoms with van der Waals surface area (Å²) in [6.07, 6.45) is 0. The minimum atomic E-state index is -0.640. The molecule has 0 fully saturated rings. The van der Waals surface area contributed by atoms with Gasteiger partial charge in [-0.1, -0.05) is 23.2 Å². The van der Waals surface area contributed by atoms with Gasteiger partial charge < -0.3 is 9.31 Å². The van der Waals surface area contributed by atoms with Crippen LogP contribution in [-0.4, -0.2) is 17.5 Å². The first-order valence-corrected chi connectivity index (χ1v) is 6.77. The molecule has 0 aliphatic heterocycles. The number of rotatable bonds is 6. The Kier molecular flexibility index (Phi) is 5.25. The minimum absolute atomic E-state index is 0.0170. The average Bonchev–Trinajstić information content (AvgIpc) is 2.50. The van der Waals surface area contributed by atoms with Crippen molar-refractivity contribution in [1.29, 1.82) is 0 Å². The van der Waals surface area contributed by atoms with Crippen molar-refractivity contribution in [2.24, 2.45) is 0 Å². The molecular weight excluding hydrogens is 350 g/mol. The summed E-state index contributed by atoms with van der Waals surface area (Å²) in [5.41, 5.74) is -0.599. The van der Waals surface area contributed by atoms with Gasteiger partial charge in [-0.05, 0) is 24.3 Å². The summed E-state index contributed by atoms with van der Waals surface area (Å²) >= 11 is 11.4. The van der Waals surface area contributed by atoms with Crippen molar-refractivity contribution in [1.82, 2.24) is 0 Å². The lowest BCUT2D eigenvalue weighted by Crippen LogP contribution is -2.11. The van der Waals surface area contributed by atoms with E-state index < -0.39 is 9.85 Å². The van der Waals surface area contributed by atoms with Gasteiger partial charge in [0.05, 0.1) is 22.0 Å². The van der Waals surface area contributed by atoms with Crippen molar-refractivity contribution < 1.29 is 19.2 Å². The van der Waals surface area contributed by atoms with Crippen molar-refractivity contribution in [3.05, 3.63) is 66.7 Å². The van der Waals surface area contributed by atoms with Crippen LogP contribution in [0.4, 0.5) is 11.4 Å². The molecule has 11 heteroatoms. The van der Waals surface area contributed by atoms with Crippen LogP contribution in [0.25, 0.3) is 0 Å². The Morgan fingerprint density at radius 1 is 0.826 bits per heavy atom. The number of hydrogen-bond donors (Lipinski definition) is 0. The minimum Gasteiger partial charge on any atom is -0.528 e. The zero-order valence-corrected chi connectivity index (χ0v) is 12.8. The molecule has 0 aliphatic rings. The van der Waals surface area contributed by atoms with Crippen LogP contribution in [-0.2, 0) is 0 Å². The lowest BCUT2D eigenvalue weighted by atomic mass is 10.2. The second-order valence-electron chi connectivity index (χ2n) is 4.15. The molecule has 0 saturated carbocycles. The molecule has 0 saturated heterocycles. The van der Waals surface area contributed by atoms with E-state index in [2.05, 4.69) is 0 Å². The van der Waals surface area contributed by atoms with Gasteiger partial charge >= 0.3 is 7.69 Å². The topological polar surface area (TPSA) is 105 Å². The smallest absolute Gasteiger partial charge is 0.528 e. The number of halogens is 2. The summed E-state index contributed by atoms with van der Waals surface area (Å²) in [6, 6.07) is 7.81. The van der Waals surface area contributed by atoms with Crippen LogP contribution in [0.3, 0.4) is 0 Å². The molecule has 0 spiro atoms. The standard InChI is InChI=1S/C12H7BCl2N2O6/c14-9-3-1-7(5-11(9)16(18)19)22-13-23-8-2-4-10(15)12(6-8)17(20)21/h1-6,13H. The van der Waals surface area contributed by atoms with Gasteiger partial charge in [-0.25, -0.2) is 0 Å². The summed E-state index contributed by atoms with van der Waals surface area (Å²) in [4.78, 5) is 20.2. The maximum atomic E-state index is 10.8. The summed E-state index contributed by atoms with van der Waals surface area (Å²) in [6.45, 7) is 0. The van der Waals surface area contributed by atoms with Gasteiger partial charge in [-0.3, -0.25) is 20.2 Å². The quantitative estimate of drug-likeness (QED) is 0.445. The molecule has 0 aromatic heterocycles. The highest BCUT2D eigenvalue weighted by Gasteiger charge is 2.15. The van der Waals surface area contributed by atoms with Gasteiger partial charge in [0, 0.05) is 0 Å². The summed E-state index contributed by atoms with van der Waals surface area (Å²) in [5.74, 6) is 0.342. The molecule has 0 atom stereocenters. The lowest BCUT2D eigenvalue weighted by Gasteiger charge is -2.08. The molecule has 8 nitrogen and oxygen atoms in total. The molecule has 0 unspecified atom stereocenters. The van der Waals surface area contributed by atoms with Crippen LogP contribution in [0, 0.1) is 20.2 Å². The highest BCUT2D eigenvalue weighted by Crippen LogP contribution is 2.30.